The van der Waals surface area contributed by atoms with E-state index in [9.17, 15) is 9.59 Å². The zero-order valence-electron chi connectivity index (χ0n) is 11.1. The van der Waals surface area contributed by atoms with E-state index >= 15 is 0 Å². The van der Waals surface area contributed by atoms with Crippen molar-refractivity contribution in [2.75, 3.05) is 18.4 Å². The third kappa shape index (κ3) is 2.01. The Labute approximate surface area is 112 Å². The van der Waals surface area contributed by atoms with Crippen LogP contribution in [-0.4, -0.2) is 29.8 Å². The van der Waals surface area contributed by atoms with Crippen LogP contribution >= 0.6 is 0 Å². The predicted octanol–water partition coefficient (Wildman–Crippen LogP) is 1.98. The molecule has 2 atom stereocenters. The fourth-order valence-electron chi connectivity index (χ4n) is 3.21. The first-order valence-electron chi connectivity index (χ1n) is 6.88. The first-order chi connectivity index (χ1) is 9.20. The number of fused-ring (bicyclic) bond motifs is 1. The van der Waals surface area contributed by atoms with E-state index in [0.717, 1.165) is 24.2 Å². The Morgan fingerprint density at radius 1 is 1.42 bits per heavy atom. The van der Waals surface area contributed by atoms with E-state index in [0.29, 0.717) is 13.0 Å². The highest BCUT2D eigenvalue weighted by atomic mass is 16.2. The Morgan fingerprint density at radius 2 is 2.21 bits per heavy atom. The number of carbonyl (C=O) groups is 2. The number of nitrogens with zero attached hydrogens (tertiary/aromatic N) is 1. The van der Waals surface area contributed by atoms with Crippen LogP contribution in [0.2, 0.25) is 0 Å². The quantitative estimate of drug-likeness (QED) is 0.881. The molecule has 4 nitrogen and oxygen atoms in total. The Kier molecular flexibility index (Phi) is 3.01. The summed E-state index contributed by atoms with van der Waals surface area (Å²) in [6.45, 7) is 3.37. The Bertz CT molecular complexity index is 527. The molecule has 0 radical (unpaired) electrons. The van der Waals surface area contributed by atoms with Crippen molar-refractivity contribution < 1.29 is 9.59 Å². The maximum atomic E-state index is 12.1. The van der Waals surface area contributed by atoms with Gasteiger partial charge >= 0.3 is 0 Å². The maximum absolute atomic E-state index is 12.1. The summed E-state index contributed by atoms with van der Waals surface area (Å²) in [6.07, 6.45) is 1.46. The number of hydrogen-bond acceptors (Lipinski definition) is 2. The van der Waals surface area contributed by atoms with Gasteiger partial charge in [0.05, 0.1) is 5.92 Å². The lowest BCUT2D eigenvalue weighted by atomic mass is 9.86. The zero-order valence-corrected chi connectivity index (χ0v) is 11.1. The second-order valence-corrected chi connectivity index (χ2v) is 5.30. The summed E-state index contributed by atoms with van der Waals surface area (Å²) in [6, 6.07) is 7.86. The minimum atomic E-state index is -0.0918. The minimum Gasteiger partial charge on any atom is -0.342 e. The average molecular weight is 258 g/mol. The van der Waals surface area contributed by atoms with Gasteiger partial charge in [-0.1, -0.05) is 25.1 Å². The molecule has 2 amide bonds. The largest absolute Gasteiger partial charge is 0.342 e. The number of para-hydroxylation sites is 1. The molecule has 0 saturated carbocycles. The van der Waals surface area contributed by atoms with Gasteiger partial charge in [0.1, 0.15) is 0 Å². The van der Waals surface area contributed by atoms with Crippen molar-refractivity contribution in [3.05, 3.63) is 29.8 Å². The molecule has 0 bridgehead atoms. The normalized spacial score (nSPS) is 25.3. The molecule has 2 aliphatic heterocycles. The van der Waals surface area contributed by atoms with Gasteiger partial charge in [0, 0.05) is 25.2 Å². The number of nitrogens with one attached hydrogen (secondary N) is 1. The summed E-state index contributed by atoms with van der Waals surface area (Å²) in [5.41, 5.74) is 2.01. The fraction of sp³-hybridized carbons (Fsp3) is 0.467. The molecule has 4 heteroatoms. The van der Waals surface area contributed by atoms with Gasteiger partial charge in [-0.25, -0.2) is 0 Å². The lowest BCUT2D eigenvalue weighted by Crippen LogP contribution is -2.30. The lowest BCUT2D eigenvalue weighted by molar-refractivity contribution is -0.130. The number of anilines is 1. The number of carbonyl (C=O) groups excluding carboxylic acids is 2. The summed E-state index contributed by atoms with van der Waals surface area (Å²) in [5, 5.41) is 2.94. The number of rotatable bonds is 2. The molecule has 0 aliphatic carbocycles. The van der Waals surface area contributed by atoms with Crippen molar-refractivity contribution in [2.24, 2.45) is 5.92 Å². The van der Waals surface area contributed by atoms with Gasteiger partial charge in [0.25, 0.3) is 0 Å². The van der Waals surface area contributed by atoms with Crippen molar-refractivity contribution in [1.82, 2.24) is 4.90 Å². The molecule has 0 aromatic heterocycles. The molecular weight excluding hydrogens is 240 g/mol. The average Bonchev–Trinajstić information content (AvgIpc) is 3.00. The standard InChI is InChI=1S/C15H18N2O2/c1-2-13(18)17-8-7-10(9-17)14-11-5-3-4-6-12(11)16-15(14)19/h3-6,10,14H,2,7-9H2,1H3,(H,16,19)/t10-,14-/m1/s1. The number of hydrogen-bond donors (Lipinski definition) is 1. The van der Waals surface area contributed by atoms with Gasteiger partial charge < -0.3 is 10.2 Å². The van der Waals surface area contributed by atoms with Gasteiger partial charge in [-0.3, -0.25) is 9.59 Å². The van der Waals surface area contributed by atoms with E-state index < -0.39 is 0 Å². The van der Waals surface area contributed by atoms with Gasteiger partial charge in [-0.15, -0.1) is 0 Å². The van der Waals surface area contributed by atoms with Crippen LogP contribution in [0.5, 0.6) is 0 Å². The molecular formula is C15H18N2O2. The molecule has 0 spiro atoms. The zero-order chi connectivity index (χ0) is 13.4. The molecule has 2 heterocycles. The van der Waals surface area contributed by atoms with E-state index in [-0.39, 0.29) is 23.7 Å². The molecule has 1 N–H and O–H groups in total. The molecule has 19 heavy (non-hydrogen) atoms. The van der Waals surface area contributed by atoms with E-state index in [2.05, 4.69) is 5.32 Å². The smallest absolute Gasteiger partial charge is 0.232 e. The fourth-order valence-corrected chi connectivity index (χ4v) is 3.21. The predicted molar refractivity (Wildman–Crippen MR) is 72.8 cm³/mol. The first kappa shape index (κ1) is 12.2. The molecule has 1 fully saturated rings. The van der Waals surface area contributed by atoms with Crippen LogP contribution in [0.15, 0.2) is 24.3 Å². The molecule has 1 aromatic rings. The topological polar surface area (TPSA) is 49.4 Å². The van der Waals surface area contributed by atoms with Crippen LogP contribution in [0.1, 0.15) is 31.2 Å². The van der Waals surface area contributed by atoms with Crippen LogP contribution in [-0.2, 0) is 9.59 Å². The molecule has 1 aromatic carbocycles. The summed E-state index contributed by atoms with van der Waals surface area (Å²) in [4.78, 5) is 25.8. The molecule has 100 valence electrons. The van der Waals surface area contributed by atoms with Gasteiger partial charge in [-0.2, -0.15) is 0 Å². The Morgan fingerprint density at radius 3 is 3.00 bits per heavy atom. The highest BCUT2D eigenvalue weighted by Gasteiger charge is 2.40. The number of benzene rings is 1. The molecule has 2 aliphatic rings. The number of likely N-dealkylation sites (tertiary alicyclic amines) is 1. The van der Waals surface area contributed by atoms with Crippen LogP contribution in [0.25, 0.3) is 0 Å². The van der Waals surface area contributed by atoms with Crippen molar-refractivity contribution in [2.45, 2.75) is 25.7 Å². The van der Waals surface area contributed by atoms with E-state index in [1.165, 1.54) is 0 Å². The summed E-state index contributed by atoms with van der Waals surface area (Å²) in [5.74, 6) is 0.427. The van der Waals surface area contributed by atoms with Crippen molar-refractivity contribution >= 4 is 17.5 Å². The van der Waals surface area contributed by atoms with Crippen LogP contribution < -0.4 is 5.32 Å². The Hall–Kier alpha value is -1.84. The van der Waals surface area contributed by atoms with Crippen LogP contribution in [0.3, 0.4) is 0 Å². The number of amides is 2. The Balaban J connectivity index is 1.81. The third-order valence-corrected chi connectivity index (χ3v) is 4.19. The summed E-state index contributed by atoms with van der Waals surface area (Å²) >= 11 is 0. The third-order valence-electron chi connectivity index (χ3n) is 4.19. The van der Waals surface area contributed by atoms with Crippen LogP contribution in [0, 0.1) is 5.92 Å². The van der Waals surface area contributed by atoms with Gasteiger partial charge in [0.15, 0.2) is 0 Å². The molecule has 0 unspecified atom stereocenters. The van der Waals surface area contributed by atoms with Gasteiger partial charge in [0.2, 0.25) is 11.8 Å². The minimum absolute atomic E-state index is 0.0806. The second kappa shape index (κ2) is 4.68. The summed E-state index contributed by atoms with van der Waals surface area (Å²) in [7, 11) is 0. The van der Waals surface area contributed by atoms with E-state index in [1.54, 1.807) is 0 Å². The highest BCUT2D eigenvalue weighted by molar-refractivity contribution is 6.03. The first-order valence-corrected chi connectivity index (χ1v) is 6.88. The van der Waals surface area contributed by atoms with E-state index in [1.807, 2.05) is 36.1 Å². The monoisotopic (exact) mass is 258 g/mol. The SMILES string of the molecule is CCC(=O)N1CC[C@@H]([C@H]2C(=O)Nc3ccccc32)C1. The van der Waals surface area contributed by atoms with Crippen molar-refractivity contribution in [1.29, 1.82) is 0 Å². The van der Waals surface area contributed by atoms with Crippen molar-refractivity contribution in [3.8, 4) is 0 Å². The molecule has 3 rings (SSSR count). The van der Waals surface area contributed by atoms with Crippen LogP contribution in [0.4, 0.5) is 5.69 Å². The summed E-state index contributed by atoms with van der Waals surface area (Å²) < 4.78 is 0. The van der Waals surface area contributed by atoms with Gasteiger partial charge in [-0.05, 0) is 24.0 Å². The van der Waals surface area contributed by atoms with Crippen molar-refractivity contribution in [3.63, 3.8) is 0 Å². The second-order valence-electron chi connectivity index (χ2n) is 5.30. The highest BCUT2D eigenvalue weighted by Crippen LogP contribution is 2.40. The van der Waals surface area contributed by atoms with E-state index in [4.69, 9.17) is 0 Å². The lowest BCUT2D eigenvalue weighted by Gasteiger charge is -2.18. The molecule has 1 saturated heterocycles. The maximum Gasteiger partial charge on any atom is 0.232 e.